The fraction of sp³-hybridized carbons (Fsp3) is 0.100. The molecule has 120 valence electrons. The van der Waals surface area contributed by atoms with Crippen molar-refractivity contribution in [3.05, 3.63) is 89.6 Å². The van der Waals surface area contributed by atoms with Crippen LogP contribution in [0.25, 0.3) is 0 Å². The minimum Gasteiger partial charge on any atom is -0.307 e. The van der Waals surface area contributed by atoms with Crippen LogP contribution in [0, 0.1) is 6.92 Å². The van der Waals surface area contributed by atoms with E-state index in [2.05, 4.69) is 22.4 Å². The van der Waals surface area contributed by atoms with Crippen molar-refractivity contribution < 1.29 is 4.79 Å². The van der Waals surface area contributed by atoms with Crippen molar-refractivity contribution >= 4 is 23.5 Å². The molecule has 3 aromatic rings. The lowest BCUT2D eigenvalue weighted by Crippen LogP contribution is -2.12. The molecule has 1 N–H and O–H groups in total. The van der Waals surface area contributed by atoms with Gasteiger partial charge in [0.2, 0.25) is 0 Å². The summed E-state index contributed by atoms with van der Waals surface area (Å²) >= 11 is 1.76. The van der Waals surface area contributed by atoms with E-state index in [9.17, 15) is 4.79 Å². The number of aryl methyl sites for hydroxylation is 1. The fourth-order valence-electron chi connectivity index (χ4n) is 2.24. The molecule has 0 saturated carbocycles. The molecule has 0 unspecified atom stereocenters. The van der Waals surface area contributed by atoms with Crippen molar-refractivity contribution in [3.63, 3.8) is 0 Å². The Bertz CT molecular complexity index is 817. The van der Waals surface area contributed by atoms with Gasteiger partial charge in [0.15, 0.2) is 0 Å². The van der Waals surface area contributed by atoms with Gasteiger partial charge in [-0.25, -0.2) is 4.98 Å². The van der Waals surface area contributed by atoms with Crippen molar-refractivity contribution in [2.24, 2.45) is 0 Å². The molecule has 0 aliphatic carbocycles. The Morgan fingerprint density at radius 2 is 1.79 bits per heavy atom. The van der Waals surface area contributed by atoms with Crippen LogP contribution >= 0.6 is 11.8 Å². The maximum Gasteiger partial charge on any atom is 0.256 e. The normalized spacial score (nSPS) is 10.4. The average Bonchev–Trinajstić information content (AvgIpc) is 2.61. The number of carbonyl (C=O) groups excluding carboxylic acids is 1. The number of hydrogen-bond donors (Lipinski definition) is 1. The highest BCUT2D eigenvalue weighted by Gasteiger charge is 2.07. The molecular weight excluding hydrogens is 316 g/mol. The molecule has 1 aromatic heterocycles. The SMILES string of the molecule is Cc1ccnc(NC(=O)c2ccc(SCc3ccccc3)cc2)c1. The van der Waals surface area contributed by atoms with Crippen LogP contribution in [0.3, 0.4) is 0 Å². The molecule has 4 heteroatoms. The van der Waals surface area contributed by atoms with Gasteiger partial charge in [-0.1, -0.05) is 30.3 Å². The predicted molar refractivity (Wildman–Crippen MR) is 99.4 cm³/mol. The van der Waals surface area contributed by atoms with Crippen molar-refractivity contribution in [1.82, 2.24) is 4.98 Å². The Kier molecular flexibility index (Phi) is 5.29. The Labute approximate surface area is 146 Å². The number of nitrogens with zero attached hydrogens (tertiary/aromatic N) is 1. The van der Waals surface area contributed by atoms with Crippen molar-refractivity contribution in [3.8, 4) is 0 Å². The Hall–Kier alpha value is -2.59. The number of aromatic nitrogens is 1. The monoisotopic (exact) mass is 334 g/mol. The molecule has 24 heavy (non-hydrogen) atoms. The van der Waals surface area contributed by atoms with E-state index in [4.69, 9.17) is 0 Å². The third-order valence-electron chi connectivity index (χ3n) is 3.52. The van der Waals surface area contributed by atoms with Gasteiger partial charge in [-0.3, -0.25) is 4.79 Å². The summed E-state index contributed by atoms with van der Waals surface area (Å²) in [5.41, 5.74) is 2.98. The van der Waals surface area contributed by atoms with Gasteiger partial charge in [-0.15, -0.1) is 11.8 Å². The number of benzene rings is 2. The van der Waals surface area contributed by atoms with E-state index >= 15 is 0 Å². The van der Waals surface area contributed by atoms with Gasteiger partial charge in [-0.05, 0) is 54.4 Å². The fourth-order valence-corrected chi connectivity index (χ4v) is 3.09. The number of hydrogen-bond acceptors (Lipinski definition) is 3. The van der Waals surface area contributed by atoms with Crippen LogP contribution in [0.5, 0.6) is 0 Å². The molecule has 0 radical (unpaired) electrons. The summed E-state index contributed by atoms with van der Waals surface area (Å²) in [6.45, 7) is 1.97. The van der Waals surface area contributed by atoms with Gasteiger partial charge in [0.25, 0.3) is 5.91 Å². The molecule has 0 atom stereocenters. The molecule has 0 aliphatic heterocycles. The summed E-state index contributed by atoms with van der Waals surface area (Å²) in [6, 6.07) is 21.7. The minimum absolute atomic E-state index is 0.146. The lowest BCUT2D eigenvalue weighted by atomic mass is 10.2. The van der Waals surface area contributed by atoms with Gasteiger partial charge >= 0.3 is 0 Å². The summed E-state index contributed by atoms with van der Waals surface area (Å²) in [5.74, 6) is 1.34. The second-order valence-electron chi connectivity index (χ2n) is 5.47. The van der Waals surface area contributed by atoms with Crippen molar-refractivity contribution in [1.29, 1.82) is 0 Å². The van der Waals surface area contributed by atoms with Gasteiger partial charge < -0.3 is 5.32 Å². The minimum atomic E-state index is -0.146. The smallest absolute Gasteiger partial charge is 0.256 e. The first-order valence-electron chi connectivity index (χ1n) is 7.71. The van der Waals surface area contributed by atoms with Gasteiger partial charge in [0.05, 0.1) is 0 Å². The molecule has 1 heterocycles. The van der Waals surface area contributed by atoms with E-state index in [0.29, 0.717) is 11.4 Å². The average molecular weight is 334 g/mol. The summed E-state index contributed by atoms with van der Waals surface area (Å²) < 4.78 is 0. The number of nitrogens with one attached hydrogen (secondary N) is 1. The number of thioether (sulfide) groups is 1. The van der Waals surface area contributed by atoms with E-state index in [0.717, 1.165) is 16.2 Å². The molecule has 2 aromatic carbocycles. The van der Waals surface area contributed by atoms with Crippen LogP contribution in [0.15, 0.2) is 77.8 Å². The first kappa shape index (κ1) is 16.3. The van der Waals surface area contributed by atoms with E-state index in [1.54, 1.807) is 18.0 Å². The highest BCUT2D eigenvalue weighted by Crippen LogP contribution is 2.23. The van der Waals surface area contributed by atoms with Gasteiger partial charge in [0.1, 0.15) is 5.82 Å². The zero-order chi connectivity index (χ0) is 16.8. The van der Waals surface area contributed by atoms with E-state index in [1.165, 1.54) is 5.56 Å². The summed E-state index contributed by atoms with van der Waals surface area (Å²) in [4.78, 5) is 17.6. The summed E-state index contributed by atoms with van der Waals surface area (Å²) in [6.07, 6.45) is 1.69. The molecular formula is C20H18N2OS. The standard InChI is InChI=1S/C20H18N2OS/c1-15-11-12-21-19(13-15)22-20(23)17-7-9-18(10-8-17)24-14-16-5-3-2-4-6-16/h2-13H,14H2,1H3,(H,21,22,23). The van der Waals surface area contributed by atoms with Crippen LogP contribution in [-0.2, 0) is 5.75 Å². The lowest BCUT2D eigenvalue weighted by molar-refractivity contribution is 0.102. The molecule has 0 saturated heterocycles. The third kappa shape index (κ3) is 4.46. The number of pyridine rings is 1. The number of carbonyl (C=O) groups is 1. The molecule has 3 nitrogen and oxygen atoms in total. The van der Waals surface area contributed by atoms with Crippen LogP contribution in [0.4, 0.5) is 5.82 Å². The van der Waals surface area contributed by atoms with E-state index in [1.807, 2.05) is 61.5 Å². The molecule has 3 rings (SSSR count). The van der Waals surface area contributed by atoms with Gasteiger partial charge in [0, 0.05) is 22.4 Å². The van der Waals surface area contributed by atoms with Gasteiger partial charge in [-0.2, -0.15) is 0 Å². The Morgan fingerprint density at radius 1 is 1.04 bits per heavy atom. The molecule has 0 fully saturated rings. The topological polar surface area (TPSA) is 42.0 Å². The molecule has 1 amide bonds. The maximum atomic E-state index is 12.3. The maximum absolute atomic E-state index is 12.3. The quantitative estimate of drug-likeness (QED) is 0.672. The predicted octanol–water partition coefficient (Wildman–Crippen LogP) is 4.93. The second kappa shape index (κ2) is 7.79. The third-order valence-corrected chi connectivity index (χ3v) is 4.61. The largest absolute Gasteiger partial charge is 0.307 e. The molecule has 0 aliphatic rings. The van der Waals surface area contributed by atoms with Crippen LogP contribution in [-0.4, -0.2) is 10.9 Å². The number of amides is 1. The first-order valence-corrected chi connectivity index (χ1v) is 8.70. The van der Waals surface area contributed by atoms with Crippen molar-refractivity contribution in [2.45, 2.75) is 17.6 Å². The number of rotatable bonds is 5. The Morgan fingerprint density at radius 3 is 2.50 bits per heavy atom. The second-order valence-corrected chi connectivity index (χ2v) is 6.52. The van der Waals surface area contributed by atoms with Crippen LogP contribution in [0.2, 0.25) is 0 Å². The lowest BCUT2D eigenvalue weighted by Gasteiger charge is -2.06. The summed E-state index contributed by atoms with van der Waals surface area (Å²) in [5, 5.41) is 2.82. The number of anilines is 1. The Balaban J connectivity index is 1.60. The van der Waals surface area contributed by atoms with E-state index < -0.39 is 0 Å². The zero-order valence-corrected chi connectivity index (χ0v) is 14.2. The highest BCUT2D eigenvalue weighted by atomic mass is 32.2. The first-order chi connectivity index (χ1) is 11.7. The molecule has 0 bridgehead atoms. The zero-order valence-electron chi connectivity index (χ0n) is 13.4. The van der Waals surface area contributed by atoms with Crippen LogP contribution < -0.4 is 5.32 Å². The molecule has 0 spiro atoms. The summed E-state index contributed by atoms with van der Waals surface area (Å²) in [7, 11) is 0. The van der Waals surface area contributed by atoms with Crippen LogP contribution in [0.1, 0.15) is 21.5 Å². The van der Waals surface area contributed by atoms with Crippen molar-refractivity contribution in [2.75, 3.05) is 5.32 Å². The van der Waals surface area contributed by atoms with E-state index in [-0.39, 0.29) is 5.91 Å². The highest BCUT2D eigenvalue weighted by molar-refractivity contribution is 7.98.